The molecule has 0 radical (unpaired) electrons. The Morgan fingerprint density at radius 2 is 1.73 bits per heavy atom. The van der Waals surface area contributed by atoms with Gasteiger partial charge in [0, 0.05) is 6.20 Å². The highest BCUT2D eigenvalue weighted by Gasteiger charge is 2.33. The van der Waals surface area contributed by atoms with E-state index in [0.29, 0.717) is 16.8 Å². The second-order valence-electron chi connectivity index (χ2n) is 4.94. The highest BCUT2D eigenvalue weighted by molar-refractivity contribution is 5.94. The van der Waals surface area contributed by atoms with E-state index in [0.717, 1.165) is 12.3 Å². The van der Waals surface area contributed by atoms with Crippen molar-refractivity contribution in [3.8, 4) is 0 Å². The molecule has 0 unspecified atom stereocenters. The Labute approximate surface area is 141 Å². The topological polar surface area (TPSA) is 76.0 Å². The molecule has 0 fully saturated rings. The van der Waals surface area contributed by atoms with E-state index in [-0.39, 0.29) is 0 Å². The molecule has 0 aliphatic rings. The fourth-order valence-corrected chi connectivity index (χ4v) is 1.80. The van der Waals surface area contributed by atoms with E-state index in [9.17, 15) is 35.9 Å². The lowest BCUT2D eigenvalue weighted by Crippen LogP contribution is -2.35. The summed E-state index contributed by atoms with van der Waals surface area (Å²) in [6.45, 7) is -1.27. The maximum Gasteiger partial charge on any atom is 0.435 e. The molecule has 0 saturated carbocycles. The zero-order chi connectivity index (χ0) is 19.5. The third kappa shape index (κ3) is 4.74. The van der Waals surface area contributed by atoms with Crippen molar-refractivity contribution in [3.63, 3.8) is 0 Å². The predicted octanol–water partition coefficient (Wildman–Crippen LogP) is 2.07. The number of nitrogens with zero attached hydrogens (tertiary/aromatic N) is 2. The molecule has 0 spiro atoms. The number of rotatable bonds is 5. The lowest BCUT2D eigenvalue weighted by Gasteiger charge is -2.08. The second kappa shape index (κ2) is 7.45. The zero-order valence-corrected chi connectivity index (χ0v) is 12.7. The molecule has 26 heavy (non-hydrogen) atoms. The first-order chi connectivity index (χ1) is 12.1. The second-order valence-corrected chi connectivity index (χ2v) is 4.94. The first-order valence-corrected chi connectivity index (χ1v) is 6.88. The normalized spacial score (nSPS) is 11.3. The first-order valence-electron chi connectivity index (χ1n) is 6.88. The smallest absolute Gasteiger partial charge is 0.345 e. The number of hydrogen-bond acceptors (Lipinski definition) is 3. The summed E-state index contributed by atoms with van der Waals surface area (Å²) in [5.41, 5.74) is -1.82. The SMILES string of the molecule is O=C(Cn1ccc(C(F)(F)F)n1)NCC(=O)Nc1ccc(F)c(F)c1F. The molecule has 0 bridgehead atoms. The molecule has 2 rings (SSSR count). The van der Waals surface area contributed by atoms with Crippen molar-refractivity contribution in [2.24, 2.45) is 0 Å². The summed E-state index contributed by atoms with van der Waals surface area (Å²) in [5.74, 6) is -6.62. The van der Waals surface area contributed by atoms with Crippen molar-refractivity contribution in [1.29, 1.82) is 0 Å². The summed E-state index contributed by atoms with van der Waals surface area (Å²) < 4.78 is 77.0. The van der Waals surface area contributed by atoms with Crippen LogP contribution in [0.25, 0.3) is 0 Å². The van der Waals surface area contributed by atoms with Crippen molar-refractivity contribution >= 4 is 17.5 Å². The quantitative estimate of drug-likeness (QED) is 0.616. The molecule has 2 aromatic rings. The molecule has 0 saturated heterocycles. The van der Waals surface area contributed by atoms with Crippen molar-refractivity contribution in [2.45, 2.75) is 12.7 Å². The summed E-state index contributed by atoms with van der Waals surface area (Å²) in [4.78, 5) is 23.2. The number of aromatic nitrogens is 2. The number of alkyl halides is 3. The minimum Gasteiger partial charge on any atom is -0.345 e. The van der Waals surface area contributed by atoms with Gasteiger partial charge < -0.3 is 10.6 Å². The average molecular weight is 380 g/mol. The molecule has 140 valence electrons. The maximum absolute atomic E-state index is 13.4. The van der Waals surface area contributed by atoms with Crippen LogP contribution in [0.4, 0.5) is 32.0 Å². The van der Waals surface area contributed by atoms with E-state index in [4.69, 9.17) is 0 Å². The fourth-order valence-electron chi connectivity index (χ4n) is 1.80. The summed E-state index contributed by atoms with van der Waals surface area (Å²) in [6.07, 6.45) is -3.73. The molecular weight excluding hydrogens is 370 g/mol. The number of carbonyl (C=O) groups is 2. The summed E-state index contributed by atoms with van der Waals surface area (Å²) in [7, 11) is 0. The molecule has 0 aliphatic carbocycles. The van der Waals surface area contributed by atoms with Crippen LogP contribution in [0.1, 0.15) is 5.69 Å². The number of nitrogens with one attached hydrogen (secondary N) is 2. The molecule has 0 atom stereocenters. The molecule has 6 nitrogen and oxygen atoms in total. The minimum atomic E-state index is -4.66. The monoisotopic (exact) mass is 380 g/mol. The molecule has 1 aromatic carbocycles. The molecule has 12 heteroatoms. The standard InChI is InChI=1S/C14H10F6N4O2/c15-7-1-2-8(13(17)12(7)16)22-10(25)5-21-11(26)6-24-4-3-9(23-24)14(18,19)20/h1-4H,5-6H2,(H,21,26)(H,22,25). The van der Waals surface area contributed by atoms with Crippen molar-refractivity contribution in [3.05, 3.63) is 47.5 Å². The third-order valence-electron chi connectivity index (χ3n) is 2.99. The number of anilines is 1. The predicted molar refractivity (Wildman–Crippen MR) is 75.2 cm³/mol. The average Bonchev–Trinajstić information content (AvgIpc) is 3.02. The van der Waals surface area contributed by atoms with E-state index in [2.05, 4.69) is 10.4 Å². The van der Waals surface area contributed by atoms with Gasteiger partial charge >= 0.3 is 6.18 Å². The van der Waals surface area contributed by atoms with Crippen molar-refractivity contribution in [1.82, 2.24) is 15.1 Å². The Bertz CT molecular complexity index is 833. The highest BCUT2D eigenvalue weighted by Crippen LogP contribution is 2.27. The number of benzene rings is 1. The lowest BCUT2D eigenvalue weighted by molar-refractivity contribution is -0.141. The van der Waals surface area contributed by atoms with Crippen LogP contribution in [-0.2, 0) is 22.3 Å². The Morgan fingerprint density at radius 3 is 2.35 bits per heavy atom. The molecule has 1 heterocycles. The lowest BCUT2D eigenvalue weighted by atomic mass is 10.2. The van der Waals surface area contributed by atoms with E-state index in [1.807, 2.05) is 5.32 Å². The van der Waals surface area contributed by atoms with Gasteiger partial charge in [-0.25, -0.2) is 13.2 Å². The van der Waals surface area contributed by atoms with Crippen LogP contribution in [0, 0.1) is 17.5 Å². The van der Waals surface area contributed by atoms with Crippen LogP contribution in [0.3, 0.4) is 0 Å². The number of halogens is 6. The number of carbonyl (C=O) groups excluding carboxylic acids is 2. The van der Waals surface area contributed by atoms with Crippen LogP contribution in [0.5, 0.6) is 0 Å². The van der Waals surface area contributed by atoms with E-state index >= 15 is 0 Å². The van der Waals surface area contributed by atoms with Gasteiger partial charge in [0.15, 0.2) is 23.1 Å². The third-order valence-corrected chi connectivity index (χ3v) is 2.99. The Hall–Kier alpha value is -3.05. The van der Waals surface area contributed by atoms with Crippen LogP contribution in [-0.4, -0.2) is 28.1 Å². The van der Waals surface area contributed by atoms with Crippen molar-refractivity contribution < 1.29 is 35.9 Å². The van der Waals surface area contributed by atoms with Crippen LogP contribution >= 0.6 is 0 Å². The number of amides is 2. The maximum atomic E-state index is 13.4. The minimum absolute atomic E-state index is 0.594. The zero-order valence-electron chi connectivity index (χ0n) is 12.7. The van der Waals surface area contributed by atoms with Gasteiger partial charge in [-0.2, -0.15) is 18.3 Å². The van der Waals surface area contributed by atoms with Crippen LogP contribution in [0.2, 0.25) is 0 Å². The van der Waals surface area contributed by atoms with Gasteiger partial charge in [-0.05, 0) is 18.2 Å². The molecule has 0 aliphatic heterocycles. The molecular formula is C14H10F6N4O2. The van der Waals surface area contributed by atoms with Gasteiger partial charge in [-0.15, -0.1) is 0 Å². The van der Waals surface area contributed by atoms with E-state index < -0.39 is 59.9 Å². The largest absolute Gasteiger partial charge is 0.435 e. The van der Waals surface area contributed by atoms with Gasteiger partial charge in [0.1, 0.15) is 6.54 Å². The molecule has 2 amide bonds. The van der Waals surface area contributed by atoms with E-state index in [1.165, 1.54) is 0 Å². The van der Waals surface area contributed by atoms with Crippen LogP contribution < -0.4 is 10.6 Å². The fraction of sp³-hybridized carbons (Fsp3) is 0.214. The first kappa shape index (κ1) is 19.3. The Kier molecular flexibility index (Phi) is 5.53. The number of hydrogen-bond donors (Lipinski definition) is 2. The van der Waals surface area contributed by atoms with Gasteiger partial charge in [-0.3, -0.25) is 14.3 Å². The Balaban J connectivity index is 1.86. The van der Waals surface area contributed by atoms with Gasteiger partial charge in [0.2, 0.25) is 11.8 Å². The summed E-state index contributed by atoms with van der Waals surface area (Å²) in [6, 6.07) is 2.06. The van der Waals surface area contributed by atoms with Crippen molar-refractivity contribution in [2.75, 3.05) is 11.9 Å². The van der Waals surface area contributed by atoms with E-state index in [1.54, 1.807) is 0 Å². The van der Waals surface area contributed by atoms with Gasteiger partial charge in [0.05, 0.1) is 12.2 Å². The summed E-state index contributed by atoms with van der Waals surface area (Å²) >= 11 is 0. The van der Waals surface area contributed by atoms with Gasteiger partial charge in [0.25, 0.3) is 0 Å². The Morgan fingerprint density at radius 1 is 1.04 bits per heavy atom. The molecule has 1 aromatic heterocycles. The molecule has 2 N–H and O–H groups in total. The summed E-state index contributed by atoms with van der Waals surface area (Å²) in [5, 5.41) is 7.13. The highest BCUT2D eigenvalue weighted by atomic mass is 19.4. The van der Waals surface area contributed by atoms with Crippen LogP contribution in [0.15, 0.2) is 24.4 Å². The van der Waals surface area contributed by atoms with Gasteiger partial charge in [-0.1, -0.05) is 0 Å².